The summed E-state index contributed by atoms with van der Waals surface area (Å²) in [6.45, 7) is 2.12. The predicted octanol–water partition coefficient (Wildman–Crippen LogP) is 3.22. The van der Waals surface area contributed by atoms with Crippen LogP contribution in [0.3, 0.4) is 0 Å². The fourth-order valence-electron chi connectivity index (χ4n) is 2.31. The number of carbonyl (C=O) groups excluding carboxylic acids is 1. The third-order valence-electron chi connectivity index (χ3n) is 3.99. The number of hydrogen-bond acceptors (Lipinski definition) is 4. The zero-order valence-electron chi connectivity index (χ0n) is 14.5. The topological polar surface area (TPSA) is 44.7 Å². The third-order valence-corrected chi connectivity index (χ3v) is 5.24. The van der Waals surface area contributed by atoms with Gasteiger partial charge in [-0.3, -0.25) is 9.79 Å². The van der Waals surface area contributed by atoms with Crippen molar-refractivity contribution >= 4 is 22.8 Å². The minimum Gasteiger partial charge on any atom is -0.309 e. The van der Waals surface area contributed by atoms with Crippen LogP contribution in [0.25, 0.3) is 0 Å². The number of alkyl halides is 3. The van der Waals surface area contributed by atoms with Crippen LogP contribution in [0.1, 0.15) is 24.5 Å². The van der Waals surface area contributed by atoms with Crippen LogP contribution in [0.2, 0.25) is 0 Å². The van der Waals surface area contributed by atoms with Gasteiger partial charge in [-0.25, -0.2) is 0 Å². The Kier molecular flexibility index (Phi) is 6.16. The Labute approximate surface area is 149 Å². The summed E-state index contributed by atoms with van der Waals surface area (Å²) in [5.74, 6) is -1.07. The summed E-state index contributed by atoms with van der Waals surface area (Å²) in [4.78, 5) is 17.9. The molecule has 0 spiro atoms. The smallest absolute Gasteiger partial charge is 0.309 e. The van der Waals surface area contributed by atoms with E-state index in [2.05, 4.69) is 15.2 Å². The summed E-state index contributed by atoms with van der Waals surface area (Å²) >= 11 is 0.424. The second kappa shape index (κ2) is 7.78. The van der Waals surface area contributed by atoms with Gasteiger partial charge >= 0.3 is 6.18 Å². The number of hydrogen-bond donors (Lipinski definition) is 1. The molecule has 0 aromatic heterocycles. The van der Waals surface area contributed by atoms with Gasteiger partial charge in [0, 0.05) is 0 Å². The van der Waals surface area contributed by atoms with Crippen LogP contribution in [0, 0.1) is 0 Å². The Morgan fingerprint density at radius 3 is 2.32 bits per heavy atom. The van der Waals surface area contributed by atoms with E-state index in [1.165, 1.54) is 5.56 Å². The fourth-order valence-corrected chi connectivity index (χ4v) is 3.23. The van der Waals surface area contributed by atoms with Gasteiger partial charge < -0.3 is 10.2 Å². The number of nitrogens with zero attached hydrogens (tertiary/aromatic N) is 2. The van der Waals surface area contributed by atoms with Crippen molar-refractivity contribution in [2.45, 2.75) is 37.2 Å². The molecule has 1 aromatic carbocycles. The lowest BCUT2D eigenvalue weighted by Gasteiger charge is -2.21. The highest BCUT2D eigenvalue weighted by atomic mass is 32.2. The van der Waals surface area contributed by atoms with Crippen molar-refractivity contribution in [2.24, 2.45) is 4.99 Å². The number of amides is 1. The van der Waals surface area contributed by atoms with Crippen molar-refractivity contribution < 1.29 is 18.0 Å². The Morgan fingerprint density at radius 1 is 1.20 bits per heavy atom. The summed E-state index contributed by atoms with van der Waals surface area (Å²) in [5.41, 5.74) is 2.10. The Balaban J connectivity index is 1.93. The molecule has 1 unspecified atom stereocenters. The zero-order chi connectivity index (χ0) is 18.7. The molecule has 4 nitrogen and oxygen atoms in total. The molecule has 0 radical (unpaired) electrons. The Hall–Kier alpha value is -1.54. The molecule has 25 heavy (non-hydrogen) atoms. The number of halogens is 3. The molecule has 1 aliphatic rings. The van der Waals surface area contributed by atoms with Crippen LogP contribution in [0.5, 0.6) is 0 Å². The number of aliphatic imine (C=N–C) groups is 1. The maximum atomic E-state index is 13.0. The van der Waals surface area contributed by atoms with Crippen LogP contribution in [0.4, 0.5) is 13.2 Å². The van der Waals surface area contributed by atoms with Gasteiger partial charge in [0.2, 0.25) is 0 Å². The molecular weight excluding hydrogens is 351 g/mol. The molecule has 1 heterocycles. The molecule has 1 saturated heterocycles. The molecule has 1 atom stereocenters. The second-order valence-electron chi connectivity index (χ2n) is 6.43. The van der Waals surface area contributed by atoms with E-state index in [0.29, 0.717) is 11.8 Å². The molecule has 1 fully saturated rings. The van der Waals surface area contributed by atoms with Gasteiger partial charge in [-0.1, -0.05) is 36.0 Å². The number of aryl methyl sites for hydroxylation is 1. The zero-order valence-corrected chi connectivity index (χ0v) is 15.3. The average Bonchev–Trinajstić information content (AvgIpc) is 2.82. The molecular formula is C17H22F3N3OS. The number of benzene rings is 1. The summed E-state index contributed by atoms with van der Waals surface area (Å²) in [5, 5.41) is 2.23. The molecule has 2 rings (SSSR count). The van der Waals surface area contributed by atoms with E-state index in [4.69, 9.17) is 0 Å². The van der Waals surface area contributed by atoms with Crippen LogP contribution in [0.15, 0.2) is 29.3 Å². The number of thioether (sulfide) groups is 1. The average molecular weight is 373 g/mol. The molecule has 0 aliphatic carbocycles. The minimum absolute atomic E-state index is 0.0138. The molecule has 1 N–H and O–H groups in total. The summed E-state index contributed by atoms with van der Waals surface area (Å²) in [6.07, 6.45) is -2.58. The largest absolute Gasteiger partial charge is 0.412 e. The van der Waals surface area contributed by atoms with Gasteiger partial charge in [-0.15, -0.1) is 0 Å². The van der Waals surface area contributed by atoms with E-state index in [0.717, 1.165) is 31.9 Å². The van der Waals surface area contributed by atoms with E-state index in [-0.39, 0.29) is 11.7 Å². The first-order valence-electron chi connectivity index (χ1n) is 7.96. The molecule has 0 saturated carbocycles. The number of carbonyl (C=O) groups is 1. The molecule has 138 valence electrons. The van der Waals surface area contributed by atoms with Crippen molar-refractivity contribution in [1.82, 2.24) is 10.2 Å². The van der Waals surface area contributed by atoms with Gasteiger partial charge in [-0.05, 0) is 51.5 Å². The van der Waals surface area contributed by atoms with E-state index < -0.39 is 16.8 Å². The predicted molar refractivity (Wildman–Crippen MR) is 94.6 cm³/mol. The van der Waals surface area contributed by atoms with Gasteiger partial charge in [0.05, 0.1) is 6.54 Å². The standard InChI is InChI=1S/C17H22F3N3OS/c1-16(17(18,19)20)14(24)22-15(25-16)21-11-13-8-6-12(7-9-13)5-4-10-23(2)3/h6-9H,4-5,10-11H2,1-3H3,(H,21,22,24). The second-order valence-corrected chi connectivity index (χ2v) is 7.84. The molecule has 0 bridgehead atoms. The summed E-state index contributed by atoms with van der Waals surface area (Å²) in [7, 11) is 4.07. The van der Waals surface area contributed by atoms with E-state index in [1.807, 2.05) is 38.4 Å². The highest BCUT2D eigenvalue weighted by Crippen LogP contribution is 2.44. The normalized spacial score (nSPS) is 22.7. The molecule has 1 amide bonds. The van der Waals surface area contributed by atoms with Gasteiger partial charge in [0.1, 0.15) is 0 Å². The third kappa shape index (κ3) is 4.98. The number of amidine groups is 1. The van der Waals surface area contributed by atoms with E-state index in [9.17, 15) is 18.0 Å². The van der Waals surface area contributed by atoms with Gasteiger partial charge in [0.15, 0.2) is 9.91 Å². The summed E-state index contributed by atoms with van der Waals surface area (Å²) < 4.78 is 36.5. The fraction of sp³-hybridized carbons (Fsp3) is 0.529. The first kappa shape index (κ1) is 19.8. The Morgan fingerprint density at radius 2 is 1.80 bits per heavy atom. The first-order chi connectivity index (χ1) is 11.6. The number of rotatable bonds is 6. The van der Waals surface area contributed by atoms with Gasteiger partial charge in [-0.2, -0.15) is 13.2 Å². The maximum Gasteiger partial charge on any atom is 0.412 e. The molecule has 1 aromatic rings. The van der Waals surface area contributed by atoms with Crippen LogP contribution in [-0.2, 0) is 17.8 Å². The van der Waals surface area contributed by atoms with Crippen molar-refractivity contribution in [1.29, 1.82) is 0 Å². The van der Waals surface area contributed by atoms with Crippen LogP contribution in [-0.4, -0.2) is 47.5 Å². The van der Waals surface area contributed by atoms with Crippen LogP contribution < -0.4 is 5.32 Å². The lowest BCUT2D eigenvalue weighted by molar-refractivity contribution is -0.166. The van der Waals surface area contributed by atoms with Crippen molar-refractivity contribution in [2.75, 3.05) is 20.6 Å². The summed E-state index contributed by atoms with van der Waals surface area (Å²) in [6, 6.07) is 7.84. The highest BCUT2D eigenvalue weighted by Gasteiger charge is 2.61. The van der Waals surface area contributed by atoms with Gasteiger partial charge in [0.25, 0.3) is 5.91 Å². The van der Waals surface area contributed by atoms with E-state index in [1.54, 1.807) is 0 Å². The lowest BCUT2D eigenvalue weighted by Crippen LogP contribution is -2.46. The highest BCUT2D eigenvalue weighted by molar-refractivity contribution is 8.16. The minimum atomic E-state index is -4.62. The molecule has 1 aliphatic heterocycles. The van der Waals surface area contributed by atoms with E-state index >= 15 is 0 Å². The quantitative estimate of drug-likeness (QED) is 0.833. The molecule has 8 heteroatoms. The van der Waals surface area contributed by atoms with Crippen molar-refractivity contribution in [3.63, 3.8) is 0 Å². The monoisotopic (exact) mass is 373 g/mol. The maximum absolute atomic E-state index is 13.0. The van der Waals surface area contributed by atoms with Crippen molar-refractivity contribution in [3.05, 3.63) is 35.4 Å². The SMILES string of the molecule is CN(C)CCCc1ccc(CN=C2NC(=O)C(C)(C(F)(F)F)S2)cc1. The Bertz CT molecular complexity index is 644. The number of nitrogens with one attached hydrogen (secondary N) is 1. The van der Waals surface area contributed by atoms with Crippen molar-refractivity contribution in [3.8, 4) is 0 Å². The lowest BCUT2D eigenvalue weighted by atomic mass is 10.1. The first-order valence-corrected chi connectivity index (χ1v) is 8.77. The van der Waals surface area contributed by atoms with Crippen LogP contribution >= 0.6 is 11.8 Å².